The summed E-state index contributed by atoms with van der Waals surface area (Å²) in [5.74, 6) is 0. The first kappa shape index (κ1) is 12.9. The zero-order valence-corrected chi connectivity index (χ0v) is 12.3. The van der Waals surface area contributed by atoms with E-state index in [0.29, 0.717) is 6.04 Å². The van der Waals surface area contributed by atoms with Gasteiger partial charge in [0.05, 0.1) is 0 Å². The number of anilines is 1. The fourth-order valence-corrected chi connectivity index (χ4v) is 2.72. The van der Waals surface area contributed by atoms with E-state index in [0.717, 1.165) is 4.47 Å². The lowest BCUT2D eigenvalue weighted by Crippen LogP contribution is -2.23. The zero-order valence-electron chi connectivity index (χ0n) is 10.7. The van der Waals surface area contributed by atoms with Crippen LogP contribution in [-0.4, -0.2) is 31.1 Å². The Kier molecular flexibility index (Phi) is 4.46. The van der Waals surface area contributed by atoms with Gasteiger partial charge in [0.2, 0.25) is 0 Å². The lowest BCUT2D eigenvalue weighted by Gasteiger charge is -2.19. The van der Waals surface area contributed by atoms with E-state index in [1.807, 2.05) is 0 Å². The van der Waals surface area contributed by atoms with Crippen LogP contribution in [-0.2, 0) is 0 Å². The van der Waals surface area contributed by atoms with Crippen LogP contribution in [0, 0.1) is 6.92 Å². The summed E-state index contributed by atoms with van der Waals surface area (Å²) in [6.07, 6.45) is 3.81. The molecule has 1 N–H and O–H groups in total. The Morgan fingerprint density at radius 2 is 2.12 bits per heavy atom. The van der Waals surface area contributed by atoms with Crippen molar-refractivity contribution < 1.29 is 0 Å². The molecule has 2 rings (SSSR count). The van der Waals surface area contributed by atoms with Gasteiger partial charge in [-0.1, -0.05) is 22.0 Å². The van der Waals surface area contributed by atoms with Gasteiger partial charge in [0.1, 0.15) is 0 Å². The zero-order chi connectivity index (χ0) is 12.3. The van der Waals surface area contributed by atoms with Gasteiger partial charge in [-0.3, -0.25) is 0 Å². The molecular weight excluding hydrogens is 276 g/mol. The van der Waals surface area contributed by atoms with Crippen molar-refractivity contribution in [3.05, 3.63) is 28.2 Å². The second-order valence-corrected chi connectivity index (χ2v) is 5.95. The van der Waals surface area contributed by atoms with Gasteiger partial charge in [0.25, 0.3) is 0 Å². The maximum absolute atomic E-state index is 3.69. The SMILES string of the molecule is Cc1ccc(Br)cc1NC1CCCN(C)CC1. The third-order valence-electron chi connectivity index (χ3n) is 3.51. The molecule has 17 heavy (non-hydrogen) atoms. The van der Waals surface area contributed by atoms with E-state index in [2.05, 4.69) is 58.3 Å². The highest BCUT2D eigenvalue weighted by atomic mass is 79.9. The molecule has 1 aliphatic heterocycles. The number of hydrogen-bond donors (Lipinski definition) is 1. The molecule has 1 heterocycles. The van der Waals surface area contributed by atoms with Crippen LogP contribution in [0.5, 0.6) is 0 Å². The van der Waals surface area contributed by atoms with E-state index in [1.165, 1.54) is 43.6 Å². The monoisotopic (exact) mass is 296 g/mol. The average Bonchev–Trinajstić information content (AvgIpc) is 2.49. The summed E-state index contributed by atoms with van der Waals surface area (Å²) in [5, 5.41) is 3.69. The maximum Gasteiger partial charge on any atom is 0.0383 e. The van der Waals surface area contributed by atoms with Crippen molar-refractivity contribution >= 4 is 21.6 Å². The van der Waals surface area contributed by atoms with Gasteiger partial charge in [-0.05, 0) is 64.0 Å². The van der Waals surface area contributed by atoms with Crippen molar-refractivity contribution in [1.29, 1.82) is 0 Å². The third kappa shape index (κ3) is 3.71. The molecule has 94 valence electrons. The molecule has 2 nitrogen and oxygen atoms in total. The third-order valence-corrected chi connectivity index (χ3v) is 4.00. The first-order valence-electron chi connectivity index (χ1n) is 6.36. The van der Waals surface area contributed by atoms with Crippen LogP contribution in [0.1, 0.15) is 24.8 Å². The normalized spacial score (nSPS) is 22.2. The molecule has 1 unspecified atom stereocenters. The number of hydrogen-bond acceptors (Lipinski definition) is 2. The Morgan fingerprint density at radius 3 is 2.94 bits per heavy atom. The van der Waals surface area contributed by atoms with Crippen LogP contribution in [0.2, 0.25) is 0 Å². The van der Waals surface area contributed by atoms with E-state index < -0.39 is 0 Å². The Bertz CT molecular complexity index is 378. The summed E-state index contributed by atoms with van der Waals surface area (Å²) < 4.78 is 1.15. The standard InChI is InChI=1S/C14H21BrN2/c1-11-5-6-12(15)10-14(11)16-13-4-3-8-17(2)9-7-13/h5-6,10,13,16H,3-4,7-9H2,1-2H3. The summed E-state index contributed by atoms with van der Waals surface area (Å²) in [6.45, 7) is 4.60. The highest BCUT2D eigenvalue weighted by Crippen LogP contribution is 2.23. The molecule has 0 spiro atoms. The number of halogens is 1. The molecule has 0 amide bonds. The Labute approximate surface area is 113 Å². The van der Waals surface area contributed by atoms with Gasteiger partial charge in [-0.25, -0.2) is 0 Å². The quantitative estimate of drug-likeness (QED) is 0.896. The Balaban J connectivity index is 2.02. The lowest BCUT2D eigenvalue weighted by atomic mass is 10.1. The Morgan fingerprint density at radius 1 is 1.29 bits per heavy atom. The number of nitrogens with zero attached hydrogens (tertiary/aromatic N) is 1. The molecule has 0 aliphatic carbocycles. The Hall–Kier alpha value is -0.540. The molecule has 0 radical (unpaired) electrons. The number of likely N-dealkylation sites (tertiary alicyclic amines) is 1. The van der Waals surface area contributed by atoms with Gasteiger partial charge in [0.15, 0.2) is 0 Å². The smallest absolute Gasteiger partial charge is 0.0383 e. The van der Waals surface area contributed by atoms with Crippen LogP contribution in [0.3, 0.4) is 0 Å². The van der Waals surface area contributed by atoms with Crippen molar-refractivity contribution in [1.82, 2.24) is 4.90 Å². The van der Waals surface area contributed by atoms with Gasteiger partial charge >= 0.3 is 0 Å². The topological polar surface area (TPSA) is 15.3 Å². The van der Waals surface area contributed by atoms with Crippen molar-refractivity contribution in [3.8, 4) is 0 Å². The first-order valence-corrected chi connectivity index (χ1v) is 7.15. The van der Waals surface area contributed by atoms with E-state index in [-0.39, 0.29) is 0 Å². The van der Waals surface area contributed by atoms with Crippen LogP contribution >= 0.6 is 15.9 Å². The van der Waals surface area contributed by atoms with Crippen molar-refractivity contribution in [3.63, 3.8) is 0 Å². The van der Waals surface area contributed by atoms with E-state index in [9.17, 15) is 0 Å². The second-order valence-electron chi connectivity index (χ2n) is 5.03. The molecular formula is C14H21BrN2. The average molecular weight is 297 g/mol. The molecule has 1 aromatic rings. The van der Waals surface area contributed by atoms with Gasteiger partial charge in [0, 0.05) is 16.2 Å². The minimum Gasteiger partial charge on any atom is -0.382 e. The molecule has 0 bridgehead atoms. The molecule has 1 atom stereocenters. The van der Waals surface area contributed by atoms with Gasteiger partial charge in [-0.2, -0.15) is 0 Å². The van der Waals surface area contributed by atoms with Crippen LogP contribution in [0.25, 0.3) is 0 Å². The molecule has 0 saturated carbocycles. The van der Waals surface area contributed by atoms with Crippen LogP contribution in [0.4, 0.5) is 5.69 Å². The number of benzene rings is 1. The largest absolute Gasteiger partial charge is 0.382 e. The molecule has 1 fully saturated rings. The summed E-state index contributed by atoms with van der Waals surface area (Å²) in [4.78, 5) is 2.43. The van der Waals surface area contributed by atoms with Crippen molar-refractivity contribution in [2.75, 3.05) is 25.5 Å². The molecule has 3 heteroatoms. The summed E-state index contributed by atoms with van der Waals surface area (Å²) in [7, 11) is 2.22. The minimum absolute atomic E-state index is 0.618. The fourth-order valence-electron chi connectivity index (χ4n) is 2.35. The predicted molar refractivity (Wildman–Crippen MR) is 77.6 cm³/mol. The van der Waals surface area contributed by atoms with E-state index in [4.69, 9.17) is 0 Å². The fraction of sp³-hybridized carbons (Fsp3) is 0.571. The van der Waals surface area contributed by atoms with Crippen LogP contribution < -0.4 is 5.32 Å². The molecule has 1 aromatic carbocycles. The summed E-state index contributed by atoms with van der Waals surface area (Å²) >= 11 is 3.54. The highest BCUT2D eigenvalue weighted by molar-refractivity contribution is 9.10. The maximum atomic E-state index is 3.69. The van der Waals surface area contributed by atoms with Gasteiger partial charge in [-0.15, -0.1) is 0 Å². The van der Waals surface area contributed by atoms with Gasteiger partial charge < -0.3 is 10.2 Å². The van der Waals surface area contributed by atoms with E-state index >= 15 is 0 Å². The van der Waals surface area contributed by atoms with Crippen molar-refractivity contribution in [2.24, 2.45) is 0 Å². The van der Waals surface area contributed by atoms with E-state index in [1.54, 1.807) is 0 Å². The van der Waals surface area contributed by atoms with Crippen LogP contribution in [0.15, 0.2) is 22.7 Å². The lowest BCUT2D eigenvalue weighted by molar-refractivity contribution is 0.348. The number of nitrogens with one attached hydrogen (secondary N) is 1. The highest BCUT2D eigenvalue weighted by Gasteiger charge is 2.15. The second kappa shape index (κ2) is 5.87. The predicted octanol–water partition coefficient (Wildman–Crippen LogP) is 3.65. The number of rotatable bonds is 2. The molecule has 0 aromatic heterocycles. The summed E-state index contributed by atoms with van der Waals surface area (Å²) in [5.41, 5.74) is 2.60. The minimum atomic E-state index is 0.618. The first-order chi connectivity index (χ1) is 8.15. The summed E-state index contributed by atoms with van der Waals surface area (Å²) in [6, 6.07) is 7.06. The molecule has 1 aliphatic rings. The molecule has 1 saturated heterocycles. The van der Waals surface area contributed by atoms with Crippen molar-refractivity contribution in [2.45, 2.75) is 32.2 Å². The number of aryl methyl sites for hydroxylation is 1.